The highest BCUT2D eigenvalue weighted by atomic mass is 16.3. The Bertz CT molecular complexity index is 331. The predicted molar refractivity (Wildman–Crippen MR) is 59.6 cm³/mol. The molecule has 82 valence electrons. The summed E-state index contributed by atoms with van der Waals surface area (Å²) >= 11 is 0. The van der Waals surface area contributed by atoms with Crippen LogP contribution in [0, 0.1) is 5.92 Å². The molecule has 0 aromatic heterocycles. The topological polar surface area (TPSA) is 40.5 Å². The van der Waals surface area contributed by atoms with Crippen LogP contribution >= 0.6 is 0 Å². The monoisotopic (exact) mass is 206 g/mol. The molecule has 1 aliphatic carbocycles. The molecule has 0 heterocycles. The highest BCUT2D eigenvalue weighted by Crippen LogP contribution is 2.39. The van der Waals surface area contributed by atoms with E-state index >= 15 is 0 Å². The molecule has 2 rings (SSSR count). The van der Waals surface area contributed by atoms with E-state index in [1.54, 1.807) is 12.1 Å². The molecule has 0 saturated heterocycles. The lowest BCUT2D eigenvalue weighted by Crippen LogP contribution is -2.31. The van der Waals surface area contributed by atoms with E-state index in [1.165, 1.54) is 6.42 Å². The molecule has 1 aromatic rings. The first-order valence-corrected chi connectivity index (χ1v) is 5.62. The maximum atomic E-state index is 10.5. The van der Waals surface area contributed by atoms with E-state index in [0.717, 1.165) is 24.8 Å². The van der Waals surface area contributed by atoms with Crippen LogP contribution in [0.4, 0.5) is 0 Å². The number of hydrogen-bond acceptors (Lipinski definition) is 2. The number of phenolic OH excluding ortho intramolecular Hbond substituents is 1. The van der Waals surface area contributed by atoms with Crippen molar-refractivity contribution in [1.29, 1.82) is 0 Å². The van der Waals surface area contributed by atoms with Gasteiger partial charge in [-0.1, -0.05) is 25.5 Å². The third-order valence-electron chi connectivity index (χ3n) is 3.38. The molecule has 2 unspecified atom stereocenters. The van der Waals surface area contributed by atoms with E-state index in [-0.39, 0.29) is 5.75 Å². The van der Waals surface area contributed by atoms with Crippen LogP contribution in [0.15, 0.2) is 24.3 Å². The first-order chi connectivity index (χ1) is 7.10. The summed E-state index contributed by atoms with van der Waals surface area (Å²) in [7, 11) is 0. The summed E-state index contributed by atoms with van der Waals surface area (Å²) < 4.78 is 0. The summed E-state index contributed by atoms with van der Waals surface area (Å²) in [5.74, 6) is 0.837. The van der Waals surface area contributed by atoms with Gasteiger partial charge in [0.1, 0.15) is 5.75 Å². The Morgan fingerprint density at radius 1 is 1.27 bits per heavy atom. The van der Waals surface area contributed by atoms with Crippen molar-refractivity contribution in [2.45, 2.75) is 38.2 Å². The molecule has 1 aromatic carbocycles. The van der Waals surface area contributed by atoms with Gasteiger partial charge in [0.25, 0.3) is 0 Å². The molecule has 2 nitrogen and oxygen atoms in total. The Morgan fingerprint density at radius 3 is 2.53 bits per heavy atom. The van der Waals surface area contributed by atoms with E-state index in [1.807, 2.05) is 12.1 Å². The number of aliphatic hydroxyl groups is 1. The maximum Gasteiger partial charge on any atom is 0.115 e. The van der Waals surface area contributed by atoms with Gasteiger partial charge in [-0.2, -0.15) is 0 Å². The van der Waals surface area contributed by atoms with E-state index in [2.05, 4.69) is 6.92 Å². The fourth-order valence-corrected chi connectivity index (χ4v) is 2.56. The summed E-state index contributed by atoms with van der Waals surface area (Å²) in [6.45, 7) is 2.19. The van der Waals surface area contributed by atoms with E-state index in [9.17, 15) is 10.2 Å². The second-order valence-electron chi connectivity index (χ2n) is 4.78. The molecule has 2 heteroatoms. The van der Waals surface area contributed by atoms with Crippen LogP contribution in [-0.2, 0) is 5.60 Å². The second kappa shape index (κ2) is 3.86. The molecular weight excluding hydrogens is 188 g/mol. The van der Waals surface area contributed by atoms with Crippen LogP contribution in [0.2, 0.25) is 0 Å². The number of hydrogen-bond donors (Lipinski definition) is 2. The van der Waals surface area contributed by atoms with Gasteiger partial charge in [-0.15, -0.1) is 0 Å². The van der Waals surface area contributed by atoms with E-state index < -0.39 is 5.60 Å². The van der Waals surface area contributed by atoms with Crippen molar-refractivity contribution in [2.24, 2.45) is 5.92 Å². The van der Waals surface area contributed by atoms with Gasteiger partial charge in [-0.3, -0.25) is 0 Å². The Kier molecular flexibility index (Phi) is 2.70. The quantitative estimate of drug-likeness (QED) is 0.741. The van der Waals surface area contributed by atoms with Gasteiger partial charge in [0.15, 0.2) is 0 Å². The zero-order valence-electron chi connectivity index (χ0n) is 9.11. The summed E-state index contributed by atoms with van der Waals surface area (Å²) in [6, 6.07) is 6.94. The normalized spacial score (nSPS) is 31.5. The Labute approximate surface area is 90.6 Å². The molecule has 0 bridgehead atoms. The van der Waals surface area contributed by atoms with Crippen LogP contribution in [0.25, 0.3) is 0 Å². The molecular formula is C13H18O2. The average molecular weight is 206 g/mol. The number of phenols is 1. The fourth-order valence-electron chi connectivity index (χ4n) is 2.56. The van der Waals surface area contributed by atoms with Gasteiger partial charge in [0.2, 0.25) is 0 Å². The average Bonchev–Trinajstić information content (AvgIpc) is 2.18. The van der Waals surface area contributed by atoms with Crippen LogP contribution in [0.3, 0.4) is 0 Å². The van der Waals surface area contributed by atoms with E-state index in [0.29, 0.717) is 5.92 Å². The third-order valence-corrected chi connectivity index (χ3v) is 3.38. The summed E-state index contributed by atoms with van der Waals surface area (Å²) in [6.07, 6.45) is 3.96. The molecule has 0 aliphatic heterocycles. The van der Waals surface area contributed by atoms with Gasteiger partial charge in [0.05, 0.1) is 5.60 Å². The number of benzene rings is 1. The molecule has 0 spiro atoms. The largest absolute Gasteiger partial charge is 0.508 e. The van der Waals surface area contributed by atoms with Gasteiger partial charge in [-0.05, 0) is 42.9 Å². The molecule has 2 N–H and O–H groups in total. The standard InChI is InChI=1S/C13H18O2/c1-10-3-2-8-13(15,9-10)11-4-6-12(14)7-5-11/h4-7,10,14-15H,2-3,8-9H2,1H3. The Balaban J connectivity index is 2.24. The Morgan fingerprint density at radius 2 is 1.93 bits per heavy atom. The molecule has 1 fully saturated rings. The van der Waals surface area contributed by atoms with Crippen LogP contribution in [-0.4, -0.2) is 10.2 Å². The van der Waals surface area contributed by atoms with Crippen LogP contribution in [0.1, 0.15) is 38.2 Å². The summed E-state index contributed by atoms with van der Waals surface area (Å²) in [5.41, 5.74) is 0.262. The van der Waals surface area contributed by atoms with Gasteiger partial charge in [-0.25, -0.2) is 0 Å². The maximum absolute atomic E-state index is 10.5. The highest BCUT2D eigenvalue weighted by Gasteiger charge is 2.33. The minimum Gasteiger partial charge on any atom is -0.508 e. The second-order valence-corrected chi connectivity index (χ2v) is 4.78. The lowest BCUT2D eigenvalue weighted by molar-refractivity contribution is -0.0178. The van der Waals surface area contributed by atoms with Crippen molar-refractivity contribution in [3.8, 4) is 5.75 Å². The molecule has 2 atom stereocenters. The van der Waals surface area contributed by atoms with Crippen LogP contribution < -0.4 is 0 Å². The predicted octanol–water partition coefficient (Wildman–Crippen LogP) is 2.79. The van der Waals surface area contributed by atoms with E-state index in [4.69, 9.17) is 0 Å². The van der Waals surface area contributed by atoms with Gasteiger partial charge < -0.3 is 10.2 Å². The van der Waals surface area contributed by atoms with Crippen molar-refractivity contribution in [1.82, 2.24) is 0 Å². The summed E-state index contributed by atoms with van der Waals surface area (Å²) in [4.78, 5) is 0. The molecule has 1 saturated carbocycles. The lowest BCUT2D eigenvalue weighted by atomic mass is 9.75. The SMILES string of the molecule is CC1CCCC(O)(c2ccc(O)cc2)C1. The lowest BCUT2D eigenvalue weighted by Gasteiger charge is -2.36. The van der Waals surface area contributed by atoms with Gasteiger partial charge in [0, 0.05) is 0 Å². The minimum absolute atomic E-state index is 0.256. The zero-order chi connectivity index (χ0) is 10.9. The van der Waals surface area contributed by atoms with Crippen molar-refractivity contribution in [2.75, 3.05) is 0 Å². The Hall–Kier alpha value is -1.02. The smallest absolute Gasteiger partial charge is 0.115 e. The van der Waals surface area contributed by atoms with Crippen molar-refractivity contribution < 1.29 is 10.2 Å². The zero-order valence-corrected chi connectivity index (χ0v) is 9.11. The highest BCUT2D eigenvalue weighted by molar-refractivity contribution is 5.30. The van der Waals surface area contributed by atoms with Crippen LogP contribution in [0.5, 0.6) is 5.75 Å². The molecule has 0 radical (unpaired) electrons. The molecule has 1 aliphatic rings. The minimum atomic E-state index is -0.675. The van der Waals surface area contributed by atoms with Gasteiger partial charge >= 0.3 is 0 Å². The first-order valence-electron chi connectivity index (χ1n) is 5.62. The van der Waals surface area contributed by atoms with Crippen molar-refractivity contribution >= 4 is 0 Å². The summed E-state index contributed by atoms with van der Waals surface area (Å²) in [5, 5.41) is 19.7. The number of aromatic hydroxyl groups is 1. The molecule has 0 amide bonds. The number of rotatable bonds is 1. The molecule has 15 heavy (non-hydrogen) atoms. The third kappa shape index (κ3) is 2.15. The van der Waals surface area contributed by atoms with Crippen molar-refractivity contribution in [3.63, 3.8) is 0 Å². The first kappa shape index (κ1) is 10.5. The fraction of sp³-hybridized carbons (Fsp3) is 0.538. The van der Waals surface area contributed by atoms with Crippen molar-refractivity contribution in [3.05, 3.63) is 29.8 Å².